The number of hydrogen-bond donors (Lipinski definition) is 1. The Hall–Kier alpha value is -0.710. The highest BCUT2D eigenvalue weighted by atomic mass is 79.9. The highest BCUT2D eigenvalue weighted by Gasteiger charge is 2.12. The van der Waals surface area contributed by atoms with Gasteiger partial charge in [-0.25, -0.2) is 4.39 Å². The van der Waals surface area contributed by atoms with Crippen LogP contribution in [0, 0.1) is 5.82 Å². The number of thiophene rings is 1. The lowest BCUT2D eigenvalue weighted by Crippen LogP contribution is -2.14. The van der Waals surface area contributed by atoms with Gasteiger partial charge in [0.05, 0.1) is 4.47 Å². The van der Waals surface area contributed by atoms with Crippen LogP contribution in [0.4, 0.5) is 4.39 Å². The third-order valence-electron chi connectivity index (χ3n) is 3.10. The molecule has 1 heterocycles. The van der Waals surface area contributed by atoms with Crippen LogP contribution in [-0.2, 0) is 0 Å². The van der Waals surface area contributed by atoms with Gasteiger partial charge in [-0.1, -0.05) is 19.4 Å². The molecule has 0 aliphatic carbocycles. The molecule has 4 heteroatoms. The van der Waals surface area contributed by atoms with E-state index < -0.39 is 0 Å². The maximum atomic E-state index is 13.6. The number of halogens is 2. The third kappa shape index (κ3) is 3.44. The fourth-order valence-corrected chi connectivity index (χ4v) is 3.46. The van der Waals surface area contributed by atoms with Crippen LogP contribution in [-0.4, -0.2) is 7.05 Å². The largest absolute Gasteiger partial charge is 0.312 e. The number of benzene rings is 1. The first-order chi connectivity index (χ1) is 9.15. The van der Waals surface area contributed by atoms with Crippen LogP contribution in [0.3, 0.4) is 0 Å². The van der Waals surface area contributed by atoms with Crippen LogP contribution >= 0.6 is 27.3 Å². The molecule has 1 aromatic heterocycles. The lowest BCUT2D eigenvalue weighted by molar-refractivity contribution is 0.550. The average molecular weight is 342 g/mol. The minimum absolute atomic E-state index is 0.217. The van der Waals surface area contributed by atoms with Crippen LogP contribution in [0.5, 0.6) is 0 Å². The Labute approximate surface area is 126 Å². The summed E-state index contributed by atoms with van der Waals surface area (Å²) in [6, 6.07) is 9.87. The van der Waals surface area contributed by atoms with E-state index in [4.69, 9.17) is 0 Å². The van der Waals surface area contributed by atoms with Crippen LogP contribution < -0.4 is 5.32 Å². The van der Waals surface area contributed by atoms with Crippen molar-refractivity contribution < 1.29 is 4.39 Å². The summed E-state index contributed by atoms with van der Waals surface area (Å²) in [5.74, 6) is -0.217. The van der Waals surface area contributed by atoms with Crippen LogP contribution in [0.15, 0.2) is 34.8 Å². The maximum absolute atomic E-state index is 13.6. The van der Waals surface area contributed by atoms with Gasteiger partial charge in [-0.2, -0.15) is 0 Å². The quantitative estimate of drug-likeness (QED) is 0.769. The molecule has 0 amide bonds. The Kier molecular flexibility index (Phi) is 5.13. The lowest BCUT2D eigenvalue weighted by atomic mass is 10.1. The molecular formula is C15H17BrFNS. The van der Waals surface area contributed by atoms with Crippen molar-refractivity contribution in [1.82, 2.24) is 5.32 Å². The van der Waals surface area contributed by atoms with Gasteiger partial charge in [0.1, 0.15) is 5.82 Å². The zero-order valence-corrected chi connectivity index (χ0v) is 13.4. The summed E-state index contributed by atoms with van der Waals surface area (Å²) in [4.78, 5) is 2.42. The summed E-state index contributed by atoms with van der Waals surface area (Å²) in [6.07, 6.45) is 2.26. The molecule has 1 atom stereocenters. The molecule has 1 aromatic carbocycles. The van der Waals surface area contributed by atoms with Crippen molar-refractivity contribution in [3.63, 3.8) is 0 Å². The third-order valence-corrected chi connectivity index (χ3v) is 4.99. The van der Waals surface area contributed by atoms with E-state index in [2.05, 4.69) is 40.3 Å². The van der Waals surface area contributed by atoms with Gasteiger partial charge in [0.25, 0.3) is 0 Å². The lowest BCUT2D eigenvalue weighted by Gasteiger charge is -2.12. The van der Waals surface area contributed by atoms with Gasteiger partial charge in [-0.3, -0.25) is 0 Å². The first-order valence-electron chi connectivity index (χ1n) is 6.38. The van der Waals surface area contributed by atoms with Gasteiger partial charge in [-0.15, -0.1) is 11.3 Å². The summed E-state index contributed by atoms with van der Waals surface area (Å²) in [5.41, 5.74) is 0.934. The minimum atomic E-state index is -0.217. The summed E-state index contributed by atoms with van der Waals surface area (Å²) in [6.45, 7) is 2.18. The first kappa shape index (κ1) is 14.7. The molecule has 1 N–H and O–H groups in total. The van der Waals surface area contributed by atoms with Gasteiger partial charge in [-0.05, 0) is 59.2 Å². The van der Waals surface area contributed by atoms with E-state index in [-0.39, 0.29) is 5.82 Å². The van der Waals surface area contributed by atoms with E-state index in [9.17, 15) is 4.39 Å². The first-order valence-corrected chi connectivity index (χ1v) is 7.99. The molecule has 2 rings (SSSR count). The summed E-state index contributed by atoms with van der Waals surface area (Å²) in [5, 5.41) is 3.33. The van der Waals surface area contributed by atoms with Gasteiger partial charge >= 0.3 is 0 Å². The second-order valence-electron chi connectivity index (χ2n) is 4.46. The van der Waals surface area contributed by atoms with E-state index in [0.29, 0.717) is 10.5 Å². The van der Waals surface area contributed by atoms with Crippen molar-refractivity contribution in [3.8, 4) is 10.4 Å². The Morgan fingerprint density at radius 1 is 1.32 bits per heavy atom. The summed E-state index contributed by atoms with van der Waals surface area (Å²) in [7, 11) is 1.99. The standard InChI is InChI=1S/C15H17BrFNS/c1-3-4-13(18-2)15-8-7-14(19-15)10-5-6-11(16)12(17)9-10/h5-9,13,18H,3-4H2,1-2H3. The van der Waals surface area contributed by atoms with E-state index >= 15 is 0 Å². The van der Waals surface area contributed by atoms with Gasteiger partial charge < -0.3 is 5.32 Å². The molecule has 0 saturated carbocycles. The number of hydrogen-bond acceptors (Lipinski definition) is 2. The second kappa shape index (κ2) is 6.64. The zero-order valence-electron chi connectivity index (χ0n) is 11.0. The SMILES string of the molecule is CCCC(NC)c1ccc(-c2ccc(Br)c(F)c2)s1. The highest BCUT2D eigenvalue weighted by Crippen LogP contribution is 2.34. The molecule has 0 aliphatic rings. The van der Waals surface area contributed by atoms with Crippen molar-refractivity contribution in [1.29, 1.82) is 0 Å². The Morgan fingerprint density at radius 2 is 2.11 bits per heavy atom. The molecule has 1 nitrogen and oxygen atoms in total. The molecule has 102 valence electrons. The normalized spacial score (nSPS) is 12.6. The van der Waals surface area contributed by atoms with Crippen molar-refractivity contribution >= 4 is 27.3 Å². The van der Waals surface area contributed by atoms with Gasteiger partial charge in [0.2, 0.25) is 0 Å². The zero-order chi connectivity index (χ0) is 13.8. The van der Waals surface area contributed by atoms with Crippen molar-refractivity contribution in [3.05, 3.63) is 45.5 Å². The van der Waals surface area contributed by atoms with Gasteiger partial charge in [0, 0.05) is 15.8 Å². The molecule has 1 unspecified atom stereocenters. The number of nitrogens with one attached hydrogen (secondary N) is 1. The monoisotopic (exact) mass is 341 g/mol. The molecule has 0 fully saturated rings. The van der Waals surface area contributed by atoms with E-state index in [0.717, 1.165) is 23.3 Å². The van der Waals surface area contributed by atoms with Crippen LogP contribution in [0.2, 0.25) is 0 Å². The Morgan fingerprint density at radius 3 is 2.74 bits per heavy atom. The minimum Gasteiger partial charge on any atom is -0.312 e. The molecule has 0 aliphatic heterocycles. The molecule has 0 bridgehead atoms. The van der Waals surface area contributed by atoms with Crippen molar-refractivity contribution in [2.45, 2.75) is 25.8 Å². The fourth-order valence-electron chi connectivity index (χ4n) is 2.06. The fraction of sp³-hybridized carbons (Fsp3) is 0.333. The molecular weight excluding hydrogens is 325 g/mol. The highest BCUT2D eigenvalue weighted by molar-refractivity contribution is 9.10. The average Bonchev–Trinajstić information content (AvgIpc) is 2.88. The Balaban J connectivity index is 2.27. The van der Waals surface area contributed by atoms with E-state index in [1.807, 2.05) is 13.1 Å². The molecule has 0 spiro atoms. The summed E-state index contributed by atoms with van der Waals surface area (Å²) >= 11 is 4.91. The van der Waals surface area contributed by atoms with Crippen molar-refractivity contribution in [2.24, 2.45) is 0 Å². The van der Waals surface area contributed by atoms with Crippen LogP contribution in [0.1, 0.15) is 30.7 Å². The molecule has 0 radical (unpaired) electrons. The van der Waals surface area contributed by atoms with E-state index in [1.165, 1.54) is 4.88 Å². The predicted molar refractivity (Wildman–Crippen MR) is 84.1 cm³/mol. The molecule has 2 aromatic rings. The smallest absolute Gasteiger partial charge is 0.138 e. The van der Waals surface area contributed by atoms with Crippen molar-refractivity contribution in [2.75, 3.05) is 7.05 Å². The predicted octanol–water partition coefficient (Wildman–Crippen LogP) is 5.38. The van der Waals surface area contributed by atoms with Gasteiger partial charge in [0.15, 0.2) is 0 Å². The maximum Gasteiger partial charge on any atom is 0.138 e. The van der Waals surface area contributed by atoms with E-state index in [1.54, 1.807) is 23.5 Å². The molecule has 19 heavy (non-hydrogen) atoms. The summed E-state index contributed by atoms with van der Waals surface area (Å²) < 4.78 is 14.1. The second-order valence-corrected chi connectivity index (χ2v) is 6.43. The number of rotatable bonds is 5. The molecule has 0 saturated heterocycles. The van der Waals surface area contributed by atoms with Crippen LogP contribution in [0.25, 0.3) is 10.4 Å². The topological polar surface area (TPSA) is 12.0 Å². The Bertz CT molecular complexity index is 553.